The molecule has 1 fully saturated rings. The quantitative estimate of drug-likeness (QED) is 0.883. The molecule has 0 unspecified atom stereocenters. The molecule has 3 rings (SSSR count). The number of carbonyl (C=O) groups excluding carboxylic acids is 1. The van der Waals surface area contributed by atoms with Gasteiger partial charge in [0.05, 0.1) is 6.10 Å². The SMILES string of the molecule is Cc1ccc(C(=O)N2CCC([C@H](O)Cc3ccccc3)CC2)n1C(F)F. The van der Waals surface area contributed by atoms with Gasteiger partial charge in [-0.1, -0.05) is 30.3 Å². The first-order chi connectivity index (χ1) is 12.5. The molecule has 1 aliphatic rings. The second-order valence-electron chi connectivity index (χ2n) is 6.89. The summed E-state index contributed by atoms with van der Waals surface area (Å²) in [4.78, 5) is 14.2. The third-order valence-electron chi connectivity index (χ3n) is 5.19. The minimum absolute atomic E-state index is 0.0285. The number of aliphatic hydroxyl groups is 1. The van der Waals surface area contributed by atoms with Gasteiger partial charge in [-0.2, -0.15) is 8.78 Å². The van der Waals surface area contributed by atoms with E-state index in [0.29, 0.717) is 38.0 Å². The summed E-state index contributed by atoms with van der Waals surface area (Å²) in [7, 11) is 0. The number of carbonyl (C=O) groups is 1. The number of alkyl halides is 2. The summed E-state index contributed by atoms with van der Waals surface area (Å²) >= 11 is 0. The Kier molecular flexibility index (Phi) is 5.71. The summed E-state index contributed by atoms with van der Waals surface area (Å²) in [6.45, 7) is -0.213. The van der Waals surface area contributed by atoms with Crippen molar-refractivity contribution in [1.82, 2.24) is 9.47 Å². The van der Waals surface area contributed by atoms with Gasteiger partial charge in [-0.25, -0.2) is 0 Å². The molecule has 0 spiro atoms. The highest BCUT2D eigenvalue weighted by molar-refractivity contribution is 5.93. The molecule has 26 heavy (non-hydrogen) atoms. The Morgan fingerprint density at radius 1 is 1.15 bits per heavy atom. The van der Waals surface area contributed by atoms with E-state index in [2.05, 4.69) is 0 Å². The van der Waals surface area contributed by atoms with Crippen LogP contribution in [0.1, 0.15) is 41.1 Å². The van der Waals surface area contributed by atoms with Crippen molar-refractivity contribution in [2.75, 3.05) is 13.1 Å². The topological polar surface area (TPSA) is 45.5 Å². The molecule has 0 saturated carbocycles. The highest BCUT2D eigenvalue weighted by Crippen LogP contribution is 2.26. The third kappa shape index (κ3) is 3.96. The number of hydrogen-bond acceptors (Lipinski definition) is 2. The lowest BCUT2D eigenvalue weighted by atomic mass is 9.88. The molecule has 2 aromatic rings. The van der Waals surface area contributed by atoms with Crippen molar-refractivity contribution < 1.29 is 18.7 Å². The molecule has 1 amide bonds. The van der Waals surface area contributed by atoms with E-state index in [0.717, 1.165) is 10.1 Å². The van der Waals surface area contributed by atoms with Crippen molar-refractivity contribution in [2.45, 2.75) is 38.8 Å². The molecule has 0 bridgehead atoms. The predicted octanol–water partition coefficient (Wildman–Crippen LogP) is 3.65. The second kappa shape index (κ2) is 7.99. The molecule has 4 nitrogen and oxygen atoms in total. The second-order valence-corrected chi connectivity index (χ2v) is 6.89. The zero-order valence-corrected chi connectivity index (χ0v) is 14.8. The van der Waals surface area contributed by atoms with E-state index in [-0.39, 0.29) is 17.5 Å². The number of rotatable bonds is 5. The van der Waals surface area contributed by atoms with E-state index in [1.807, 2.05) is 30.3 Å². The number of benzene rings is 1. The van der Waals surface area contributed by atoms with Crippen LogP contribution in [0, 0.1) is 12.8 Å². The van der Waals surface area contributed by atoms with Crippen molar-refractivity contribution in [2.24, 2.45) is 5.92 Å². The van der Waals surface area contributed by atoms with Gasteiger partial charge in [0, 0.05) is 18.8 Å². The average Bonchev–Trinajstić information content (AvgIpc) is 3.04. The van der Waals surface area contributed by atoms with Gasteiger partial charge in [-0.05, 0) is 49.8 Å². The summed E-state index contributed by atoms with van der Waals surface area (Å²) in [5.74, 6) is -0.253. The average molecular weight is 362 g/mol. The lowest BCUT2D eigenvalue weighted by Crippen LogP contribution is -2.42. The van der Waals surface area contributed by atoms with Gasteiger partial charge in [0.2, 0.25) is 0 Å². The normalized spacial score (nSPS) is 16.9. The van der Waals surface area contributed by atoms with E-state index in [9.17, 15) is 18.7 Å². The number of amides is 1. The van der Waals surface area contributed by atoms with Crippen molar-refractivity contribution >= 4 is 5.91 Å². The van der Waals surface area contributed by atoms with E-state index < -0.39 is 12.7 Å². The number of piperidine rings is 1. The summed E-state index contributed by atoms with van der Waals surface area (Å²) in [6, 6.07) is 12.8. The minimum Gasteiger partial charge on any atom is -0.392 e. The van der Waals surface area contributed by atoms with Crippen LogP contribution in [-0.2, 0) is 6.42 Å². The van der Waals surface area contributed by atoms with Crippen molar-refractivity contribution in [3.05, 3.63) is 59.4 Å². The van der Waals surface area contributed by atoms with Gasteiger partial charge in [0.1, 0.15) is 5.69 Å². The maximum atomic E-state index is 13.2. The molecular formula is C20H24F2N2O2. The number of aryl methyl sites for hydroxylation is 1. The van der Waals surface area contributed by atoms with Gasteiger partial charge in [0.15, 0.2) is 0 Å². The third-order valence-corrected chi connectivity index (χ3v) is 5.19. The summed E-state index contributed by atoms with van der Waals surface area (Å²) < 4.78 is 27.1. The largest absolute Gasteiger partial charge is 0.392 e. The van der Waals surface area contributed by atoms with Crippen LogP contribution < -0.4 is 0 Å². The Morgan fingerprint density at radius 3 is 2.42 bits per heavy atom. The van der Waals surface area contributed by atoms with Crippen LogP contribution in [0.25, 0.3) is 0 Å². The lowest BCUT2D eigenvalue weighted by molar-refractivity contribution is 0.0402. The fourth-order valence-corrected chi connectivity index (χ4v) is 3.66. The Hall–Kier alpha value is -2.21. The first-order valence-electron chi connectivity index (χ1n) is 8.94. The van der Waals surface area contributed by atoms with Gasteiger partial charge in [-0.3, -0.25) is 9.36 Å². The van der Waals surface area contributed by atoms with Gasteiger partial charge in [-0.15, -0.1) is 0 Å². The Morgan fingerprint density at radius 2 is 1.81 bits per heavy atom. The van der Waals surface area contributed by atoms with Gasteiger partial charge in [0.25, 0.3) is 5.91 Å². The van der Waals surface area contributed by atoms with Gasteiger partial charge >= 0.3 is 6.55 Å². The minimum atomic E-state index is -2.73. The summed E-state index contributed by atoms with van der Waals surface area (Å²) in [5, 5.41) is 10.5. The van der Waals surface area contributed by atoms with Crippen molar-refractivity contribution in [3.8, 4) is 0 Å². The first kappa shape index (κ1) is 18.6. The fourth-order valence-electron chi connectivity index (χ4n) is 3.66. The molecule has 0 aliphatic carbocycles. The zero-order valence-electron chi connectivity index (χ0n) is 14.8. The van der Waals surface area contributed by atoms with Crippen LogP contribution in [-0.4, -0.2) is 39.7 Å². The van der Waals surface area contributed by atoms with E-state index in [1.54, 1.807) is 11.8 Å². The van der Waals surface area contributed by atoms with Crippen LogP contribution in [0.15, 0.2) is 42.5 Å². The van der Waals surface area contributed by atoms with E-state index in [4.69, 9.17) is 0 Å². The smallest absolute Gasteiger partial charge is 0.319 e. The van der Waals surface area contributed by atoms with Crippen molar-refractivity contribution in [3.63, 3.8) is 0 Å². The maximum Gasteiger partial charge on any atom is 0.319 e. The number of hydrogen-bond donors (Lipinski definition) is 1. The Labute approximate surface area is 152 Å². The predicted molar refractivity (Wildman–Crippen MR) is 95.2 cm³/mol. The number of aliphatic hydroxyl groups excluding tert-OH is 1. The first-order valence-corrected chi connectivity index (χ1v) is 8.94. The van der Waals surface area contributed by atoms with Crippen LogP contribution in [0.4, 0.5) is 8.78 Å². The number of aromatic nitrogens is 1. The highest BCUT2D eigenvalue weighted by atomic mass is 19.3. The van der Waals surface area contributed by atoms with Crippen LogP contribution in [0.3, 0.4) is 0 Å². The molecule has 1 atom stereocenters. The van der Waals surface area contributed by atoms with Crippen LogP contribution >= 0.6 is 0 Å². The Bertz CT molecular complexity index is 738. The number of likely N-dealkylation sites (tertiary alicyclic amines) is 1. The number of nitrogens with zero attached hydrogens (tertiary/aromatic N) is 2. The zero-order chi connectivity index (χ0) is 18.7. The summed E-state index contributed by atoms with van der Waals surface area (Å²) in [5.41, 5.74) is 1.49. The van der Waals surface area contributed by atoms with E-state index >= 15 is 0 Å². The molecule has 6 heteroatoms. The van der Waals surface area contributed by atoms with Crippen LogP contribution in [0.5, 0.6) is 0 Å². The monoisotopic (exact) mass is 362 g/mol. The lowest BCUT2D eigenvalue weighted by Gasteiger charge is -2.34. The van der Waals surface area contributed by atoms with E-state index in [1.165, 1.54) is 12.1 Å². The highest BCUT2D eigenvalue weighted by Gasteiger charge is 2.30. The fraction of sp³-hybridized carbons (Fsp3) is 0.450. The number of halogens is 2. The van der Waals surface area contributed by atoms with Crippen molar-refractivity contribution in [1.29, 1.82) is 0 Å². The van der Waals surface area contributed by atoms with Crippen LogP contribution in [0.2, 0.25) is 0 Å². The Balaban J connectivity index is 1.59. The summed E-state index contributed by atoms with van der Waals surface area (Å²) in [6.07, 6.45) is 1.48. The molecule has 1 N–H and O–H groups in total. The van der Waals surface area contributed by atoms with Gasteiger partial charge < -0.3 is 10.0 Å². The standard InChI is InChI=1S/C20H24F2N2O2/c1-14-7-8-17(24(14)20(21)22)19(26)23-11-9-16(10-12-23)18(25)13-15-5-3-2-4-6-15/h2-8,16,18,20,25H,9-13H2,1H3/t18-/m1/s1. The molecular weight excluding hydrogens is 338 g/mol. The molecule has 1 aromatic carbocycles. The molecule has 1 aromatic heterocycles. The molecule has 2 heterocycles. The maximum absolute atomic E-state index is 13.2. The molecule has 1 aliphatic heterocycles. The molecule has 1 saturated heterocycles. The molecule has 0 radical (unpaired) electrons. The molecule has 140 valence electrons.